The molecular formula is C23H27N5O4. The van der Waals surface area contributed by atoms with Gasteiger partial charge in [0.15, 0.2) is 11.5 Å². The molecular weight excluding hydrogens is 410 g/mol. The number of pyridine rings is 1. The predicted octanol–water partition coefficient (Wildman–Crippen LogP) is 2.20. The Bertz CT molecular complexity index is 994. The SMILES string of the molecule is O=C(O)/C=C\C(=O)O.c1ccc(N2CCN(CCCc3nc4ccccn4n3)CC2)cc1. The van der Waals surface area contributed by atoms with Gasteiger partial charge < -0.3 is 15.1 Å². The number of carboxylic acid groups (broad SMARTS) is 2. The highest BCUT2D eigenvalue weighted by molar-refractivity contribution is 5.89. The van der Waals surface area contributed by atoms with E-state index in [4.69, 9.17) is 10.2 Å². The number of aryl methyl sites for hydroxylation is 1. The normalized spacial score (nSPS) is 14.3. The van der Waals surface area contributed by atoms with Crippen molar-refractivity contribution in [1.82, 2.24) is 19.5 Å². The topological polar surface area (TPSA) is 111 Å². The molecule has 0 atom stereocenters. The van der Waals surface area contributed by atoms with E-state index in [1.165, 1.54) is 5.69 Å². The number of anilines is 1. The second-order valence-corrected chi connectivity index (χ2v) is 7.31. The summed E-state index contributed by atoms with van der Waals surface area (Å²) in [7, 11) is 0. The molecule has 1 saturated heterocycles. The predicted molar refractivity (Wildman–Crippen MR) is 121 cm³/mol. The number of fused-ring (bicyclic) bond motifs is 1. The van der Waals surface area contributed by atoms with E-state index in [9.17, 15) is 9.59 Å². The minimum Gasteiger partial charge on any atom is -0.478 e. The third-order valence-corrected chi connectivity index (χ3v) is 5.02. The number of nitrogens with zero attached hydrogens (tertiary/aromatic N) is 5. The van der Waals surface area contributed by atoms with Gasteiger partial charge in [-0.05, 0) is 37.2 Å². The van der Waals surface area contributed by atoms with E-state index in [0.717, 1.165) is 57.0 Å². The van der Waals surface area contributed by atoms with Crippen LogP contribution < -0.4 is 4.90 Å². The Morgan fingerprint density at radius 1 is 0.906 bits per heavy atom. The summed E-state index contributed by atoms with van der Waals surface area (Å²) in [6.45, 7) is 5.60. The Hall–Kier alpha value is -3.72. The molecule has 0 amide bonds. The Morgan fingerprint density at radius 3 is 2.19 bits per heavy atom. The number of para-hydroxylation sites is 1. The van der Waals surface area contributed by atoms with E-state index < -0.39 is 11.9 Å². The van der Waals surface area contributed by atoms with Crippen molar-refractivity contribution in [1.29, 1.82) is 0 Å². The van der Waals surface area contributed by atoms with E-state index >= 15 is 0 Å². The zero-order valence-electron chi connectivity index (χ0n) is 17.7. The monoisotopic (exact) mass is 437 g/mol. The lowest BCUT2D eigenvalue weighted by molar-refractivity contribution is -0.134. The molecule has 3 heterocycles. The lowest BCUT2D eigenvalue weighted by Crippen LogP contribution is -2.46. The highest BCUT2D eigenvalue weighted by atomic mass is 16.4. The quantitative estimate of drug-likeness (QED) is 0.541. The first-order valence-corrected chi connectivity index (χ1v) is 10.5. The lowest BCUT2D eigenvalue weighted by atomic mass is 10.2. The molecule has 0 aliphatic carbocycles. The van der Waals surface area contributed by atoms with Gasteiger partial charge in [-0.15, -0.1) is 0 Å². The first-order chi connectivity index (χ1) is 15.5. The minimum atomic E-state index is -1.26. The van der Waals surface area contributed by atoms with Crippen LogP contribution >= 0.6 is 0 Å². The average Bonchev–Trinajstić information content (AvgIpc) is 3.22. The van der Waals surface area contributed by atoms with Gasteiger partial charge in [0.05, 0.1) is 0 Å². The molecule has 0 bridgehead atoms. The highest BCUT2D eigenvalue weighted by Crippen LogP contribution is 2.15. The van der Waals surface area contributed by atoms with Crippen molar-refractivity contribution in [2.45, 2.75) is 12.8 Å². The van der Waals surface area contributed by atoms with Crippen molar-refractivity contribution in [3.8, 4) is 0 Å². The molecule has 0 spiro atoms. The maximum absolute atomic E-state index is 9.55. The fourth-order valence-electron chi connectivity index (χ4n) is 3.46. The summed E-state index contributed by atoms with van der Waals surface area (Å²) in [6, 6.07) is 16.7. The van der Waals surface area contributed by atoms with E-state index in [2.05, 4.69) is 50.2 Å². The first-order valence-electron chi connectivity index (χ1n) is 10.5. The maximum Gasteiger partial charge on any atom is 0.328 e. The molecule has 2 N–H and O–H groups in total. The van der Waals surface area contributed by atoms with E-state index in [1.807, 2.05) is 28.9 Å². The number of benzene rings is 1. The van der Waals surface area contributed by atoms with Crippen molar-refractivity contribution >= 4 is 23.3 Å². The molecule has 0 saturated carbocycles. The molecule has 1 aliphatic rings. The number of carbonyl (C=O) groups is 2. The van der Waals surface area contributed by atoms with Gasteiger partial charge in [-0.2, -0.15) is 5.10 Å². The van der Waals surface area contributed by atoms with E-state index in [-0.39, 0.29) is 0 Å². The number of hydrogen-bond acceptors (Lipinski definition) is 6. The minimum absolute atomic E-state index is 0.558. The highest BCUT2D eigenvalue weighted by Gasteiger charge is 2.16. The second kappa shape index (κ2) is 11.6. The van der Waals surface area contributed by atoms with Crippen LogP contribution in [0.4, 0.5) is 5.69 Å². The summed E-state index contributed by atoms with van der Waals surface area (Å²) in [4.78, 5) is 28.7. The zero-order valence-corrected chi connectivity index (χ0v) is 17.7. The van der Waals surface area contributed by atoms with E-state index in [1.54, 1.807) is 0 Å². The van der Waals surface area contributed by atoms with Crippen LogP contribution in [0.5, 0.6) is 0 Å². The van der Waals surface area contributed by atoms with Gasteiger partial charge in [-0.3, -0.25) is 4.90 Å². The summed E-state index contributed by atoms with van der Waals surface area (Å²) in [5, 5.41) is 20.2. The van der Waals surface area contributed by atoms with Crippen molar-refractivity contribution < 1.29 is 19.8 Å². The van der Waals surface area contributed by atoms with Gasteiger partial charge >= 0.3 is 11.9 Å². The Morgan fingerprint density at radius 2 is 1.56 bits per heavy atom. The smallest absolute Gasteiger partial charge is 0.328 e. The molecule has 4 rings (SSSR count). The molecule has 32 heavy (non-hydrogen) atoms. The Kier molecular flexibility index (Phi) is 8.33. The molecule has 3 aromatic rings. The third kappa shape index (κ3) is 7.21. The summed E-state index contributed by atoms with van der Waals surface area (Å²) in [6.07, 6.45) is 5.13. The summed E-state index contributed by atoms with van der Waals surface area (Å²) < 4.78 is 1.86. The summed E-state index contributed by atoms with van der Waals surface area (Å²) >= 11 is 0. The Balaban J connectivity index is 0.000000312. The van der Waals surface area contributed by atoms with Gasteiger partial charge in [0.25, 0.3) is 0 Å². The van der Waals surface area contributed by atoms with Gasteiger partial charge in [0, 0.05) is 56.6 Å². The molecule has 9 nitrogen and oxygen atoms in total. The van der Waals surface area contributed by atoms with Crippen LogP contribution in [0.2, 0.25) is 0 Å². The van der Waals surface area contributed by atoms with Crippen molar-refractivity contribution in [2.75, 3.05) is 37.6 Å². The molecule has 1 fully saturated rings. The molecule has 9 heteroatoms. The molecule has 0 unspecified atom stereocenters. The number of piperazine rings is 1. The molecule has 1 aliphatic heterocycles. The van der Waals surface area contributed by atoms with Crippen LogP contribution in [0, 0.1) is 0 Å². The van der Waals surface area contributed by atoms with Crippen LogP contribution in [0.3, 0.4) is 0 Å². The van der Waals surface area contributed by atoms with Crippen LogP contribution in [0.15, 0.2) is 66.9 Å². The standard InChI is InChI=1S/C19H23N5.C4H4O4/c1-2-7-17(8-3-1)23-15-13-22(14-16-23)11-6-9-18-20-19-10-4-5-12-24(19)21-18;5-3(6)1-2-4(7)8/h1-5,7-8,10,12H,6,9,11,13-16H2;1-2H,(H,5,6)(H,7,8)/b;2-1-. The lowest BCUT2D eigenvalue weighted by Gasteiger charge is -2.36. The number of rotatable bonds is 7. The van der Waals surface area contributed by atoms with E-state index in [0.29, 0.717) is 12.2 Å². The fourth-order valence-corrected chi connectivity index (χ4v) is 3.46. The molecule has 2 aromatic heterocycles. The zero-order chi connectivity index (χ0) is 22.8. The van der Waals surface area contributed by atoms with Gasteiger partial charge in [-0.25, -0.2) is 19.1 Å². The van der Waals surface area contributed by atoms with Crippen LogP contribution in [0.1, 0.15) is 12.2 Å². The third-order valence-electron chi connectivity index (χ3n) is 5.02. The molecule has 0 radical (unpaired) electrons. The maximum atomic E-state index is 9.55. The summed E-state index contributed by atoms with van der Waals surface area (Å²) in [5.41, 5.74) is 2.27. The van der Waals surface area contributed by atoms with Gasteiger partial charge in [0.1, 0.15) is 0 Å². The number of aromatic nitrogens is 3. The van der Waals surface area contributed by atoms with Crippen molar-refractivity contribution in [3.63, 3.8) is 0 Å². The largest absolute Gasteiger partial charge is 0.478 e. The van der Waals surface area contributed by atoms with Crippen LogP contribution in [-0.4, -0.2) is 74.4 Å². The van der Waals surface area contributed by atoms with Gasteiger partial charge in [0.2, 0.25) is 0 Å². The van der Waals surface area contributed by atoms with Crippen LogP contribution in [0.25, 0.3) is 5.65 Å². The number of carboxylic acids is 2. The second-order valence-electron chi connectivity index (χ2n) is 7.31. The van der Waals surface area contributed by atoms with Crippen LogP contribution in [-0.2, 0) is 16.0 Å². The number of hydrogen-bond donors (Lipinski definition) is 2. The average molecular weight is 438 g/mol. The van der Waals surface area contributed by atoms with Gasteiger partial charge in [-0.1, -0.05) is 24.3 Å². The first kappa shape index (κ1) is 23.0. The number of aliphatic carboxylic acids is 2. The van der Waals surface area contributed by atoms with Crippen molar-refractivity contribution in [3.05, 3.63) is 72.7 Å². The fraction of sp³-hybridized carbons (Fsp3) is 0.304. The molecule has 1 aromatic carbocycles. The Labute approximate surface area is 186 Å². The summed E-state index contributed by atoms with van der Waals surface area (Å²) in [5.74, 6) is -1.57. The molecule has 168 valence electrons. The van der Waals surface area contributed by atoms with Crippen molar-refractivity contribution in [2.24, 2.45) is 0 Å².